The molecule has 0 bridgehead atoms. The van der Waals surface area contributed by atoms with Crippen LogP contribution in [0.1, 0.15) is 15.9 Å². The number of aromatic nitrogens is 2. The number of carbonyl (C=O) groups excluding carboxylic acids is 1. The van der Waals surface area contributed by atoms with E-state index in [2.05, 4.69) is 15.3 Å². The molecule has 0 aliphatic heterocycles. The van der Waals surface area contributed by atoms with Gasteiger partial charge in [0.25, 0.3) is 0 Å². The molecule has 0 saturated carbocycles. The molecule has 1 N–H and O–H groups in total. The molecule has 0 unspecified atom stereocenters. The van der Waals surface area contributed by atoms with E-state index in [0.717, 1.165) is 17.1 Å². The molecule has 2 aromatic heterocycles. The number of hydrogen-bond donors (Lipinski definition) is 1. The minimum absolute atomic E-state index is 0.322. The monoisotopic (exact) mass is 398 g/mol. The summed E-state index contributed by atoms with van der Waals surface area (Å²) >= 11 is 1.46. The van der Waals surface area contributed by atoms with E-state index < -0.39 is 5.97 Å². The number of anilines is 2. The molecule has 4 rings (SSSR count). The van der Waals surface area contributed by atoms with Gasteiger partial charge in [-0.25, -0.2) is 9.78 Å². The first-order chi connectivity index (χ1) is 14.2. The summed E-state index contributed by atoms with van der Waals surface area (Å²) in [6.07, 6.45) is 1.73. The van der Waals surface area contributed by atoms with E-state index in [-0.39, 0.29) is 0 Å². The van der Waals surface area contributed by atoms with E-state index in [0.29, 0.717) is 22.0 Å². The number of hydrogen-bond acceptors (Lipinski definition) is 7. The average Bonchev–Trinajstić information content (AvgIpc) is 3.23. The van der Waals surface area contributed by atoms with E-state index in [9.17, 15) is 4.79 Å². The van der Waals surface area contributed by atoms with Crippen molar-refractivity contribution in [1.29, 1.82) is 5.26 Å². The van der Waals surface area contributed by atoms with Gasteiger partial charge in [0.05, 0.1) is 22.9 Å². The van der Waals surface area contributed by atoms with Gasteiger partial charge in [0.1, 0.15) is 11.4 Å². The standard InChI is InChI=1S/C22H14N4O2S/c23-13-15-5-3-6-16(11-15)21(27)28-18-8-4-7-17(12-18)25-22-26-20(14-29-22)19-9-1-2-10-24-19/h1-12,14H,(H,25,26). The minimum Gasteiger partial charge on any atom is -0.423 e. The lowest BCUT2D eigenvalue weighted by Crippen LogP contribution is -2.08. The second-order valence-electron chi connectivity index (χ2n) is 5.99. The molecule has 0 radical (unpaired) electrons. The number of benzene rings is 2. The number of nitrogens with zero attached hydrogens (tertiary/aromatic N) is 3. The maximum Gasteiger partial charge on any atom is 0.343 e. The van der Waals surface area contributed by atoms with Gasteiger partial charge < -0.3 is 10.1 Å². The predicted molar refractivity (Wildman–Crippen MR) is 111 cm³/mol. The second kappa shape index (κ2) is 8.33. The van der Waals surface area contributed by atoms with Crippen molar-refractivity contribution < 1.29 is 9.53 Å². The largest absolute Gasteiger partial charge is 0.423 e. The Balaban J connectivity index is 1.47. The van der Waals surface area contributed by atoms with Gasteiger partial charge in [-0.05, 0) is 42.5 Å². The van der Waals surface area contributed by atoms with Gasteiger partial charge in [-0.15, -0.1) is 11.3 Å². The molecule has 0 aliphatic rings. The Bertz CT molecular complexity index is 1200. The van der Waals surface area contributed by atoms with Crippen LogP contribution in [0.2, 0.25) is 0 Å². The summed E-state index contributed by atoms with van der Waals surface area (Å²) in [7, 11) is 0. The Hall–Kier alpha value is -4.02. The van der Waals surface area contributed by atoms with Gasteiger partial charge in [0.2, 0.25) is 0 Å². The molecule has 0 saturated heterocycles. The van der Waals surface area contributed by atoms with Crippen molar-refractivity contribution in [1.82, 2.24) is 9.97 Å². The van der Waals surface area contributed by atoms with E-state index in [4.69, 9.17) is 10.00 Å². The molecular formula is C22H14N4O2S. The lowest BCUT2D eigenvalue weighted by molar-refractivity contribution is 0.0735. The van der Waals surface area contributed by atoms with Gasteiger partial charge in [-0.1, -0.05) is 18.2 Å². The van der Waals surface area contributed by atoms with Crippen molar-refractivity contribution in [2.75, 3.05) is 5.32 Å². The van der Waals surface area contributed by atoms with Crippen molar-refractivity contribution in [3.05, 3.63) is 89.4 Å². The number of pyridine rings is 1. The summed E-state index contributed by atoms with van der Waals surface area (Å²) in [4.78, 5) is 21.2. The van der Waals surface area contributed by atoms with Crippen LogP contribution in [0.15, 0.2) is 78.3 Å². The molecule has 2 aromatic carbocycles. The third-order valence-corrected chi connectivity index (χ3v) is 4.71. The van der Waals surface area contributed by atoms with Crippen LogP contribution in [0.5, 0.6) is 5.75 Å². The molecule has 0 amide bonds. The van der Waals surface area contributed by atoms with Crippen LogP contribution >= 0.6 is 11.3 Å². The highest BCUT2D eigenvalue weighted by Crippen LogP contribution is 2.27. The number of carbonyl (C=O) groups is 1. The number of rotatable bonds is 5. The third-order valence-electron chi connectivity index (χ3n) is 3.95. The molecule has 0 fully saturated rings. The Labute approximate surface area is 171 Å². The van der Waals surface area contributed by atoms with Crippen LogP contribution in [-0.2, 0) is 0 Å². The van der Waals surface area contributed by atoms with Crippen LogP contribution in [0, 0.1) is 11.3 Å². The number of esters is 1. The van der Waals surface area contributed by atoms with E-state index in [1.165, 1.54) is 17.4 Å². The first-order valence-electron chi connectivity index (χ1n) is 8.67. The maximum absolute atomic E-state index is 12.3. The van der Waals surface area contributed by atoms with Crippen molar-refractivity contribution in [2.45, 2.75) is 0 Å². The van der Waals surface area contributed by atoms with Gasteiger partial charge in [0.15, 0.2) is 5.13 Å². The van der Waals surface area contributed by atoms with Gasteiger partial charge >= 0.3 is 5.97 Å². The van der Waals surface area contributed by atoms with Crippen LogP contribution < -0.4 is 10.1 Å². The summed E-state index contributed by atoms with van der Waals surface area (Å²) in [6, 6.07) is 21.1. The summed E-state index contributed by atoms with van der Waals surface area (Å²) < 4.78 is 5.44. The summed E-state index contributed by atoms with van der Waals surface area (Å²) in [5.74, 6) is -0.130. The zero-order valence-electron chi connectivity index (χ0n) is 15.1. The molecule has 0 atom stereocenters. The zero-order chi connectivity index (χ0) is 20.1. The number of nitrogens with one attached hydrogen (secondary N) is 1. The fraction of sp³-hybridized carbons (Fsp3) is 0. The molecule has 0 aliphatic carbocycles. The van der Waals surface area contributed by atoms with E-state index in [1.807, 2.05) is 35.7 Å². The van der Waals surface area contributed by atoms with Crippen molar-refractivity contribution >= 4 is 28.1 Å². The summed E-state index contributed by atoms with van der Waals surface area (Å²) in [6.45, 7) is 0. The first-order valence-corrected chi connectivity index (χ1v) is 9.55. The Morgan fingerprint density at radius 3 is 2.76 bits per heavy atom. The molecule has 29 heavy (non-hydrogen) atoms. The molecule has 6 nitrogen and oxygen atoms in total. The quantitative estimate of drug-likeness (QED) is 0.374. The number of thiazole rings is 1. The van der Waals surface area contributed by atoms with Gasteiger partial charge in [0, 0.05) is 23.3 Å². The van der Waals surface area contributed by atoms with Gasteiger partial charge in [-0.2, -0.15) is 5.26 Å². The Morgan fingerprint density at radius 1 is 1.03 bits per heavy atom. The molecule has 7 heteroatoms. The van der Waals surface area contributed by atoms with Crippen molar-refractivity contribution in [3.8, 4) is 23.2 Å². The lowest BCUT2D eigenvalue weighted by atomic mass is 10.1. The third kappa shape index (κ3) is 4.46. The van der Waals surface area contributed by atoms with Crippen LogP contribution in [0.4, 0.5) is 10.8 Å². The fourth-order valence-corrected chi connectivity index (χ4v) is 3.33. The molecule has 0 spiro atoms. The highest BCUT2D eigenvalue weighted by atomic mass is 32.1. The highest BCUT2D eigenvalue weighted by molar-refractivity contribution is 7.14. The number of nitriles is 1. The van der Waals surface area contributed by atoms with Crippen LogP contribution in [-0.4, -0.2) is 15.9 Å². The van der Waals surface area contributed by atoms with Crippen LogP contribution in [0.3, 0.4) is 0 Å². The molecule has 2 heterocycles. The maximum atomic E-state index is 12.3. The van der Waals surface area contributed by atoms with Crippen LogP contribution in [0.25, 0.3) is 11.4 Å². The topological polar surface area (TPSA) is 87.9 Å². The van der Waals surface area contributed by atoms with E-state index in [1.54, 1.807) is 42.6 Å². The predicted octanol–water partition coefficient (Wildman–Crippen LogP) is 5.04. The fourth-order valence-electron chi connectivity index (χ4n) is 2.61. The zero-order valence-corrected chi connectivity index (χ0v) is 15.9. The first kappa shape index (κ1) is 18.3. The smallest absolute Gasteiger partial charge is 0.343 e. The Kier molecular flexibility index (Phi) is 5.27. The Morgan fingerprint density at radius 2 is 1.93 bits per heavy atom. The summed E-state index contributed by atoms with van der Waals surface area (Å²) in [5.41, 5.74) is 3.06. The van der Waals surface area contributed by atoms with Crippen molar-refractivity contribution in [3.63, 3.8) is 0 Å². The minimum atomic E-state index is -0.522. The average molecular weight is 398 g/mol. The second-order valence-corrected chi connectivity index (χ2v) is 6.85. The highest BCUT2D eigenvalue weighted by Gasteiger charge is 2.11. The lowest BCUT2D eigenvalue weighted by Gasteiger charge is -2.07. The molecule has 4 aromatic rings. The summed E-state index contributed by atoms with van der Waals surface area (Å²) in [5, 5.41) is 14.8. The van der Waals surface area contributed by atoms with Crippen molar-refractivity contribution in [2.24, 2.45) is 0 Å². The number of ether oxygens (including phenoxy) is 1. The van der Waals surface area contributed by atoms with Gasteiger partial charge in [-0.3, -0.25) is 4.98 Å². The molecule has 140 valence electrons. The normalized spacial score (nSPS) is 10.2. The SMILES string of the molecule is N#Cc1cccc(C(=O)Oc2cccc(Nc3nc(-c4ccccn4)cs3)c2)c1. The van der Waals surface area contributed by atoms with E-state index >= 15 is 0 Å². The molecular weight excluding hydrogens is 384 g/mol.